The smallest absolute Gasteiger partial charge is 0.251 e. The molecule has 0 spiro atoms. The Labute approximate surface area is 82.8 Å². The van der Waals surface area contributed by atoms with Gasteiger partial charge in [-0.15, -0.1) is 0 Å². The zero-order chi connectivity index (χ0) is 10.1. The highest BCUT2D eigenvalue weighted by Gasteiger charge is 2.41. The number of β-lactam (4-membered cyclic amide) rings is 1. The van der Waals surface area contributed by atoms with Gasteiger partial charge in [-0.05, 0) is 5.56 Å². The Morgan fingerprint density at radius 3 is 2.50 bits per heavy atom. The SMILES string of the molecule is C[C@H](c1ccccc1)[C@@H]1NC(=O)[C@@H]1O. The molecule has 3 nitrogen and oxygen atoms in total. The van der Waals surface area contributed by atoms with E-state index >= 15 is 0 Å². The predicted octanol–water partition coefficient (Wildman–Crippen LogP) is 0.649. The van der Waals surface area contributed by atoms with Crippen molar-refractivity contribution in [1.29, 1.82) is 0 Å². The van der Waals surface area contributed by atoms with E-state index in [1.807, 2.05) is 37.3 Å². The van der Waals surface area contributed by atoms with Gasteiger partial charge in [0.1, 0.15) is 0 Å². The van der Waals surface area contributed by atoms with Crippen molar-refractivity contribution in [2.45, 2.75) is 25.0 Å². The molecule has 1 aliphatic heterocycles. The Morgan fingerprint density at radius 2 is 2.00 bits per heavy atom. The Balaban J connectivity index is 2.10. The molecule has 1 aliphatic rings. The number of carbonyl (C=O) groups excluding carboxylic acids is 1. The molecule has 0 aromatic heterocycles. The Hall–Kier alpha value is -1.35. The molecular formula is C11H13NO2. The molecule has 0 radical (unpaired) electrons. The maximum absolute atomic E-state index is 10.8. The van der Waals surface area contributed by atoms with Crippen molar-refractivity contribution in [3.05, 3.63) is 35.9 Å². The summed E-state index contributed by atoms with van der Waals surface area (Å²) < 4.78 is 0. The van der Waals surface area contributed by atoms with Gasteiger partial charge in [-0.25, -0.2) is 0 Å². The first kappa shape index (κ1) is 9.21. The molecular weight excluding hydrogens is 178 g/mol. The Bertz CT molecular complexity index is 336. The molecule has 3 heteroatoms. The molecule has 14 heavy (non-hydrogen) atoms. The van der Waals surface area contributed by atoms with E-state index in [1.54, 1.807) is 0 Å². The summed E-state index contributed by atoms with van der Waals surface area (Å²) in [4.78, 5) is 10.8. The number of aliphatic hydroxyl groups excluding tert-OH is 1. The zero-order valence-corrected chi connectivity index (χ0v) is 7.97. The lowest BCUT2D eigenvalue weighted by Crippen LogP contribution is -2.64. The first-order valence-electron chi connectivity index (χ1n) is 4.73. The van der Waals surface area contributed by atoms with Crippen LogP contribution < -0.4 is 5.32 Å². The number of benzene rings is 1. The summed E-state index contributed by atoms with van der Waals surface area (Å²) in [6.07, 6.45) is -0.842. The highest BCUT2D eigenvalue weighted by atomic mass is 16.3. The van der Waals surface area contributed by atoms with E-state index in [0.717, 1.165) is 5.56 Å². The molecule has 1 saturated heterocycles. The minimum absolute atomic E-state index is 0.134. The molecule has 2 rings (SSSR count). The second-order valence-corrected chi connectivity index (χ2v) is 3.68. The van der Waals surface area contributed by atoms with Gasteiger partial charge in [0.15, 0.2) is 6.10 Å². The molecule has 2 N–H and O–H groups in total. The largest absolute Gasteiger partial charge is 0.381 e. The van der Waals surface area contributed by atoms with Gasteiger partial charge in [0.2, 0.25) is 0 Å². The summed E-state index contributed by atoms with van der Waals surface area (Å²) in [5.41, 5.74) is 1.14. The molecule has 1 heterocycles. The third-order valence-corrected chi connectivity index (χ3v) is 2.78. The van der Waals surface area contributed by atoms with Crippen LogP contribution in [0.3, 0.4) is 0 Å². The summed E-state index contributed by atoms with van der Waals surface area (Å²) in [5.74, 6) is -0.110. The monoisotopic (exact) mass is 191 g/mol. The lowest BCUT2D eigenvalue weighted by Gasteiger charge is -2.37. The van der Waals surface area contributed by atoms with Crippen LogP contribution in [0.1, 0.15) is 18.4 Å². The summed E-state index contributed by atoms with van der Waals surface area (Å²) in [5, 5.41) is 12.1. The van der Waals surface area contributed by atoms with E-state index in [1.165, 1.54) is 0 Å². The van der Waals surface area contributed by atoms with Gasteiger partial charge in [0, 0.05) is 5.92 Å². The number of carbonyl (C=O) groups is 1. The Morgan fingerprint density at radius 1 is 1.36 bits per heavy atom. The quantitative estimate of drug-likeness (QED) is 0.674. The van der Waals surface area contributed by atoms with E-state index in [9.17, 15) is 9.90 Å². The van der Waals surface area contributed by atoms with E-state index in [2.05, 4.69) is 5.32 Å². The molecule has 0 bridgehead atoms. The number of aliphatic hydroxyl groups is 1. The molecule has 3 atom stereocenters. The zero-order valence-electron chi connectivity index (χ0n) is 7.97. The summed E-state index contributed by atoms with van der Waals surface area (Å²) >= 11 is 0. The second kappa shape index (κ2) is 3.42. The minimum atomic E-state index is -0.842. The fourth-order valence-electron chi connectivity index (χ4n) is 1.76. The highest BCUT2D eigenvalue weighted by molar-refractivity contribution is 5.88. The van der Waals surface area contributed by atoms with Crippen molar-refractivity contribution in [2.75, 3.05) is 0 Å². The molecule has 1 amide bonds. The van der Waals surface area contributed by atoms with Gasteiger partial charge < -0.3 is 10.4 Å². The van der Waals surface area contributed by atoms with Gasteiger partial charge >= 0.3 is 0 Å². The summed E-state index contributed by atoms with van der Waals surface area (Å²) in [7, 11) is 0. The van der Waals surface area contributed by atoms with Gasteiger partial charge in [-0.2, -0.15) is 0 Å². The second-order valence-electron chi connectivity index (χ2n) is 3.68. The van der Waals surface area contributed by atoms with Crippen LogP contribution in [0.2, 0.25) is 0 Å². The number of nitrogens with one attached hydrogen (secondary N) is 1. The lowest BCUT2D eigenvalue weighted by molar-refractivity contribution is -0.143. The average molecular weight is 191 g/mol. The first-order valence-corrected chi connectivity index (χ1v) is 4.73. The summed E-state index contributed by atoms with van der Waals surface area (Å²) in [6, 6.07) is 9.73. The predicted molar refractivity (Wildman–Crippen MR) is 52.8 cm³/mol. The fraction of sp³-hybridized carbons (Fsp3) is 0.364. The van der Waals surface area contributed by atoms with Crippen molar-refractivity contribution in [1.82, 2.24) is 5.32 Å². The van der Waals surface area contributed by atoms with Crippen LogP contribution in [-0.2, 0) is 4.79 Å². The van der Waals surface area contributed by atoms with Crippen LogP contribution >= 0.6 is 0 Å². The first-order chi connectivity index (χ1) is 6.70. The average Bonchev–Trinajstić information content (AvgIpc) is 2.25. The van der Waals surface area contributed by atoms with E-state index in [-0.39, 0.29) is 17.9 Å². The van der Waals surface area contributed by atoms with Crippen molar-refractivity contribution < 1.29 is 9.90 Å². The molecule has 1 aromatic carbocycles. The topological polar surface area (TPSA) is 49.3 Å². The number of hydrogen-bond acceptors (Lipinski definition) is 2. The molecule has 0 saturated carbocycles. The van der Waals surface area contributed by atoms with Crippen molar-refractivity contribution in [2.24, 2.45) is 0 Å². The highest BCUT2D eigenvalue weighted by Crippen LogP contribution is 2.25. The Kier molecular flexibility index (Phi) is 2.25. The van der Waals surface area contributed by atoms with Crippen LogP contribution in [-0.4, -0.2) is 23.2 Å². The molecule has 1 fully saturated rings. The van der Waals surface area contributed by atoms with Crippen LogP contribution in [0, 0.1) is 0 Å². The third-order valence-electron chi connectivity index (χ3n) is 2.78. The molecule has 0 aliphatic carbocycles. The van der Waals surface area contributed by atoms with Gasteiger partial charge in [0.05, 0.1) is 6.04 Å². The van der Waals surface area contributed by atoms with E-state index in [0.29, 0.717) is 0 Å². The van der Waals surface area contributed by atoms with Crippen LogP contribution in [0.15, 0.2) is 30.3 Å². The normalized spacial score (nSPS) is 27.7. The van der Waals surface area contributed by atoms with Crippen LogP contribution in [0.5, 0.6) is 0 Å². The van der Waals surface area contributed by atoms with Crippen molar-refractivity contribution >= 4 is 5.91 Å². The van der Waals surface area contributed by atoms with Crippen LogP contribution in [0.4, 0.5) is 0 Å². The number of amides is 1. The molecule has 1 aromatic rings. The minimum Gasteiger partial charge on any atom is -0.381 e. The standard InChI is InChI=1S/C11H13NO2/c1-7(8-5-3-2-4-6-8)9-10(13)11(14)12-9/h2-7,9-10,13H,1H3,(H,12,14)/t7-,9+,10-/m1/s1. The van der Waals surface area contributed by atoms with Gasteiger partial charge in [-0.1, -0.05) is 37.3 Å². The number of hydrogen-bond donors (Lipinski definition) is 2. The third kappa shape index (κ3) is 1.40. The van der Waals surface area contributed by atoms with Gasteiger partial charge in [0.25, 0.3) is 5.91 Å². The van der Waals surface area contributed by atoms with Gasteiger partial charge in [-0.3, -0.25) is 4.79 Å². The number of rotatable bonds is 2. The van der Waals surface area contributed by atoms with E-state index < -0.39 is 6.10 Å². The van der Waals surface area contributed by atoms with Crippen molar-refractivity contribution in [3.63, 3.8) is 0 Å². The maximum Gasteiger partial charge on any atom is 0.251 e. The lowest BCUT2D eigenvalue weighted by atomic mass is 9.85. The van der Waals surface area contributed by atoms with E-state index in [4.69, 9.17) is 0 Å². The maximum atomic E-state index is 10.8. The summed E-state index contributed by atoms with van der Waals surface area (Å²) in [6.45, 7) is 2.00. The molecule has 74 valence electrons. The van der Waals surface area contributed by atoms with Crippen LogP contribution in [0.25, 0.3) is 0 Å². The fourth-order valence-corrected chi connectivity index (χ4v) is 1.76. The molecule has 0 unspecified atom stereocenters. The van der Waals surface area contributed by atoms with Crippen molar-refractivity contribution in [3.8, 4) is 0 Å².